The van der Waals surface area contributed by atoms with Gasteiger partial charge in [-0.15, -0.1) is 0 Å². The number of nitrogens with one attached hydrogen (secondary N) is 1. The summed E-state index contributed by atoms with van der Waals surface area (Å²) < 4.78 is 5.61. The second-order valence-electron chi connectivity index (χ2n) is 5.88. The summed E-state index contributed by atoms with van der Waals surface area (Å²) in [6.07, 6.45) is 3.79. The average molecular weight is 276 g/mol. The van der Waals surface area contributed by atoms with Gasteiger partial charge in [0.05, 0.1) is 12.8 Å². The molecule has 0 radical (unpaired) electrons. The van der Waals surface area contributed by atoms with E-state index < -0.39 is 0 Å². The third kappa shape index (κ3) is 3.89. The van der Waals surface area contributed by atoms with Crippen LogP contribution < -0.4 is 15.0 Å². The van der Waals surface area contributed by atoms with E-state index in [-0.39, 0.29) is 0 Å². The highest BCUT2D eigenvalue weighted by Gasteiger charge is 2.19. The molecule has 1 aromatic carbocycles. The van der Waals surface area contributed by atoms with Gasteiger partial charge in [-0.2, -0.15) is 0 Å². The minimum Gasteiger partial charge on any atom is -0.495 e. The van der Waals surface area contributed by atoms with Gasteiger partial charge in [0, 0.05) is 19.6 Å². The molecule has 1 atom stereocenters. The first-order valence-electron chi connectivity index (χ1n) is 7.87. The summed E-state index contributed by atoms with van der Waals surface area (Å²) in [6, 6.07) is 6.62. The van der Waals surface area contributed by atoms with Crippen molar-refractivity contribution in [2.75, 3.05) is 31.6 Å². The van der Waals surface area contributed by atoms with Crippen molar-refractivity contribution < 1.29 is 4.74 Å². The molecule has 3 nitrogen and oxygen atoms in total. The summed E-state index contributed by atoms with van der Waals surface area (Å²) in [5, 5.41) is 3.44. The maximum Gasteiger partial charge on any atom is 0.142 e. The number of nitrogens with zero attached hydrogens (tertiary/aromatic N) is 1. The first-order chi connectivity index (χ1) is 9.74. The van der Waals surface area contributed by atoms with Crippen LogP contribution in [0.1, 0.15) is 38.7 Å². The number of hydrogen-bond acceptors (Lipinski definition) is 3. The lowest BCUT2D eigenvalue weighted by Gasteiger charge is -2.33. The molecule has 3 heteroatoms. The van der Waals surface area contributed by atoms with E-state index in [1.807, 2.05) is 0 Å². The predicted molar refractivity (Wildman–Crippen MR) is 85.6 cm³/mol. The zero-order valence-corrected chi connectivity index (χ0v) is 13.1. The molecule has 0 bridgehead atoms. The standard InChI is InChI=1S/C17H28N2O/c1-4-9-18-12-15-7-8-16(17(11-15)20-3)19-10-5-6-14(2)13-19/h7-8,11,14,18H,4-6,9-10,12-13H2,1-3H3. The van der Waals surface area contributed by atoms with Gasteiger partial charge < -0.3 is 15.0 Å². The Morgan fingerprint density at radius 1 is 1.40 bits per heavy atom. The minimum atomic E-state index is 0.777. The molecule has 1 aromatic rings. The fraction of sp³-hybridized carbons (Fsp3) is 0.647. The molecule has 0 spiro atoms. The Hall–Kier alpha value is -1.22. The van der Waals surface area contributed by atoms with Gasteiger partial charge in [0.1, 0.15) is 5.75 Å². The van der Waals surface area contributed by atoms with Crippen molar-refractivity contribution in [1.82, 2.24) is 5.32 Å². The SMILES string of the molecule is CCCNCc1ccc(N2CCCC(C)C2)c(OC)c1. The Kier molecular flexibility index (Phi) is 5.72. The molecule has 1 unspecified atom stereocenters. The zero-order valence-electron chi connectivity index (χ0n) is 13.1. The minimum absolute atomic E-state index is 0.777. The molecule has 0 aliphatic carbocycles. The topological polar surface area (TPSA) is 24.5 Å². The quantitative estimate of drug-likeness (QED) is 0.806. The summed E-state index contributed by atoms with van der Waals surface area (Å²) in [5.41, 5.74) is 2.54. The maximum atomic E-state index is 5.61. The van der Waals surface area contributed by atoms with E-state index in [0.717, 1.165) is 37.8 Å². The van der Waals surface area contributed by atoms with E-state index in [1.165, 1.54) is 30.5 Å². The van der Waals surface area contributed by atoms with Crippen molar-refractivity contribution >= 4 is 5.69 Å². The monoisotopic (exact) mass is 276 g/mol. The van der Waals surface area contributed by atoms with Gasteiger partial charge in [0.25, 0.3) is 0 Å². The van der Waals surface area contributed by atoms with E-state index in [1.54, 1.807) is 7.11 Å². The summed E-state index contributed by atoms with van der Waals surface area (Å²) in [6.45, 7) is 8.79. The van der Waals surface area contributed by atoms with Crippen molar-refractivity contribution in [2.24, 2.45) is 5.92 Å². The van der Waals surface area contributed by atoms with E-state index in [4.69, 9.17) is 4.74 Å². The highest BCUT2D eigenvalue weighted by Crippen LogP contribution is 2.32. The second-order valence-corrected chi connectivity index (χ2v) is 5.88. The molecule has 0 amide bonds. The fourth-order valence-electron chi connectivity index (χ4n) is 2.91. The van der Waals surface area contributed by atoms with Crippen LogP contribution in [0.15, 0.2) is 18.2 Å². The number of benzene rings is 1. The van der Waals surface area contributed by atoms with Gasteiger partial charge in [-0.1, -0.05) is 19.9 Å². The van der Waals surface area contributed by atoms with Crippen LogP contribution in [0.3, 0.4) is 0 Å². The highest BCUT2D eigenvalue weighted by atomic mass is 16.5. The van der Waals surface area contributed by atoms with Crippen LogP contribution in [0.5, 0.6) is 5.75 Å². The van der Waals surface area contributed by atoms with Crippen molar-refractivity contribution in [3.8, 4) is 5.75 Å². The van der Waals surface area contributed by atoms with Crippen LogP contribution in [0.25, 0.3) is 0 Å². The molecule has 112 valence electrons. The normalized spacial score (nSPS) is 19.1. The summed E-state index contributed by atoms with van der Waals surface area (Å²) >= 11 is 0. The van der Waals surface area contributed by atoms with Crippen molar-refractivity contribution in [1.29, 1.82) is 0 Å². The lowest BCUT2D eigenvalue weighted by Crippen LogP contribution is -2.34. The third-order valence-corrected chi connectivity index (χ3v) is 4.00. The molecule has 1 saturated heterocycles. The van der Waals surface area contributed by atoms with Crippen LogP contribution in [-0.4, -0.2) is 26.7 Å². The molecule has 1 heterocycles. The zero-order chi connectivity index (χ0) is 14.4. The van der Waals surface area contributed by atoms with Crippen molar-refractivity contribution in [3.63, 3.8) is 0 Å². The molecular weight excluding hydrogens is 248 g/mol. The number of hydrogen-bond donors (Lipinski definition) is 1. The Bertz CT molecular complexity index is 419. The van der Waals surface area contributed by atoms with E-state index >= 15 is 0 Å². The molecule has 1 N–H and O–H groups in total. The Labute approximate surface area is 123 Å². The molecule has 20 heavy (non-hydrogen) atoms. The summed E-state index contributed by atoms with van der Waals surface area (Å²) in [4.78, 5) is 2.47. The third-order valence-electron chi connectivity index (χ3n) is 4.00. The van der Waals surface area contributed by atoms with Crippen molar-refractivity contribution in [2.45, 2.75) is 39.7 Å². The smallest absolute Gasteiger partial charge is 0.142 e. The van der Waals surface area contributed by atoms with Gasteiger partial charge >= 0.3 is 0 Å². The van der Waals surface area contributed by atoms with Crippen LogP contribution >= 0.6 is 0 Å². The summed E-state index contributed by atoms with van der Waals surface area (Å²) in [5.74, 6) is 1.79. The van der Waals surface area contributed by atoms with E-state index in [0.29, 0.717) is 0 Å². The predicted octanol–water partition coefficient (Wildman–Crippen LogP) is 3.43. The number of methoxy groups -OCH3 is 1. The lowest BCUT2D eigenvalue weighted by molar-refractivity contribution is 0.404. The highest BCUT2D eigenvalue weighted by molar-refractivity contribution is 5.60. The molecule has 1 aliphatic heterocycles. The fourth-order valence-corrected chi connectivity index (χ4v) is 2.91. The van der Waals surface area contributed by atoms with Crippen molar-refractivity contribution in [3.05, 3.63) is 23.8 Å². The Balaban J connectivity index is 2.08. The number of ether oxygens (including phenoxy) is 1. The average Bonchev–Trinajstić information content (AvgIpc) is 2.47. The Morgan fingerprint density at radius 2 is 2.25 bits per heavy atom. The maximum absolute atomic E-state index is 5.61. The molecule has 0 saturated carbocycles. The van der Waals surface area contributed by atoms with Gasteiger partial charge in [0.2, 0.25) is 0 Å². The van der Waals surface area contributed by atoms with Gasteiger partial charge in [-0.05, 0) is 49.4 Å². The summed E-state index contributed by atoms with van der Waals surface area (Å²) in [7, 11) is 1.77. The largest absolute Gasteiger partial charge is 0.495 e. The molecular formula is C17H28N2O. The molecule has 0 aromatic heterocycles. The van der Waals surface area contributed by atoms with Crippen LogP contribution in [0.4, 0.5) is 5.69 Å². The molecule has 1 fully saturated rings. The van der Waals surface area contributed by atoms with Gasteiger partial charge in [-0.3, -0.25) is 0 Å². The van der Waals surface area contributed by atoms with E-state index in [2.05, 4.69) is 42.3 Å². The number of piperidine rings is 1. The second kappa shape index (κ2) is 7.53. The first kappa shape index (κ1) is 15.2. The number of anilines is 1. The first-order valence-corrected chi connectivity index (χ1v) is 7.87. The molecule has 2 rings (SSSR count). The lowest BCUT2D eigenvalue weighted by atomic mass is 9.99. The van der Waals surface area contributed by atoms with Crippen LogP contribution in [0, 0.1) is 5.92 Å². The van der Waals surface area contributed by atoms with Crippen LogP contribution in [0.2, 0.25) is 0 Å². The van der Waals surface area contributed by atoms with Gasteiger partial charge in [-0.25, -0.2) is 0 Å². The Morgan fingerprint density at radius 3 is 2.95 bits per heavy atom. The van der Waals surface area contributed by atoms with Crippen LogP contribution in [-0.2, 0) is 6.54 Å². The molecule has 1 aliphatic rings. The number of rotatable bonds is 6. The van der Waals surface area contributed by atoms with E-state index in [9.17, 15) is 0 Å². The van der Waals surface area contributed by atoms with Gasteiger partial charge in [0.15, 0.2) is 0 Å².